The molecule has 1 fully saturated rings. The molecule has 1 aliphatic carbocycles. The molecule has 0 unspecified atom stereocenters. The van der Waals surface area contributed by atoms with E-state index in [2.05, 4.69) is 25.8 Å². The Morgan fingerprint density at radius 3 is 2.33 bits per heavy atom. The van der Waals surface area contributed by atoms with Crippen LogP contribution in [0.25, 0.3) is 0 Å². The molecule has 1 aliphatic heterocycles. The van der Waals surface area contributed by atoms with E-state index in [1.807, 2.05) is 23.5 Å². The van der Waals surface area contributed by atoms with Gasteiger partial charge in [0.25, 0.3) is 0 Å². The van der Waals surface area contributed by atoms with Crippen LogP contribution in [0.15, 0.2) is 17.1 Å². The Hall–Kier alpha value is -0.750. The molecular weight excluding hydrogens is 264 g/mol. The van der Waals surface area contributed by atoms with Crippen molar-refractivity contribution in [2.45, 2.75) is 38.0 Å². The van der Waals surface area contributed by atoms with Crippen molar-refractivity contribution >= 4 is 29.5 Å². The van der Waals surface area contributed by atoms with E-state index in [-0.39, 0.29) is 0 Å². The number of anilines is 1. The Morgan fingerprint density at radius 1 is 1.06 bits per heavy atom. The quantitative estimate of drug-likeness (QED) is 0.851. The molecule has 1 aromatic rings. The molecule has 1 aromatic heterocycles. The molecule has 98 valence electrons. The van der Waals surface area contributed by atoms with Gasteiger partial charge in [0.1, 0.15) is 12.2 Å². The fraction of sp³-hybridized carbons (Fsp3) is 0.583. The number of thioether (sulfide) groups is 2. The molecule has 18 heavy (non-hydrogen) atoms. The summed E-state index contributed by atoms with van der Waals surface area (Å²) < 4.78 is 0. The third kappa shape index (κ3) is 4.49. The van der Waals surface area contributed by atoms with Crippen LogP contribution in [0.2, 0.25) is 0 Å². The average molecular weight is 282 g/mol. The fourth-order valence-electron chi connectivity index (χ4n) is 2.08. The number of nitrogens with zero attached hydrogens (tertiary/aromatic N) is 3. The van der Waals surface area contributed by atoms with Gasteiger partial charge in [-0.05, 0) is 23.7 Å². The predicted molar refractivity (Wildman–Crippen MR) is 79.3 cm³/mol. The van der Waals surface area contributed by atoms with Crippen molar-refractivity contribution in [2.75, 3.05) is 10.8 Å². The molecule has 0 aromatic carbocycles. The van der Waals surface area contributed by atoms with Crippen LogP contribution in [-0.4, -0.2) is 20.0 Å². The third-order valence-corrected chi connectivity index (χ3v) is 4.88. The number of aromatic nitrogens is 3. The maximum Gasteiger partial charge on any atom is 0.223 e. The second-order valence-corrected chi connectivity index (χ2v) is 6.41. The first-order valence-electron chi connectivity index (χ1n) is 6.19. The topological polar surface area (TPSA) is 64.7 Å². The normalized spacial score (nSPS) is 19.3. The lowest BCUT2D eigenvalue weighted by Gasteiger charge is -2.19. The SMILES string of the molecule is C1=CSCS1.Nc1ncnc(C2CCCCC2)n1. The highest BCUT2D eigenvalue weighted by atomic mass is 32.2. The van der Waals surface area contributed by atoms with Crippen molar-refractivity contribution in [1.82, 2.24) is 15.0 Å². The Bertz CT molecular complexity index is 385. The molecule has 1 saturated carbocycles. The molecule has 0 saturated heterocycles. The van der Waals surface area contributed by atoms with E-state index < -0.39 is 0 Å². The molecule has 0 spiro atoms. The zero-order valence-corrected chi connectivity index (χ0v) is 11.9. The first-order valence-corrected chi connectivity index (χ1v) is 8.28. The molecule has 2 N–H and O–H groups in total. The summed E-state index contributed by atoms with van der Waals surface area (Å²) in [5, 5.41) is 5.45. The van der Waals surface area contributed by atoms with Crippen molar-refractivity contribution in [3.63, 3.8) is 0 Å². The molecule has 2 aliphatic rings. The van der Waals surface area contributed by atoms with E-state index in [0.717, 1.165) is 5.82 Å². The molecule has 3 rings (SSSR count). The highest BCUT2D eigenvalue weighted by Gasteiger charge is 2.17. The van der Waals surface area contributed by atoms with Crippen LogP contribution in [0, 0.1) is 0 Å². The van der Waals surface area contributed by atoms with Crippen LogP contribution in [0.3, 0.4) is 0 Å². The monoisotopic (exact) mass is 282 g/mol. The summed E-state index contributed by atoms with van der Waals surface area (Å²) in [4.78, 5) is 12.1. The molecule has 4 nitrogen and oxygen atoms in total. The Labute approximate surface area is 116 Å². The van der Waals surface area contributed by atoms with Crippen LogP contribution in [0.4, 0.5) is 5.95 Å². The summed E-state index contributed by atoms with van der Waals surface area (Å²) >= 11 is 3.71. The van der Waals surface area contributed by atoms with Gasteiger partial charge in [0, 0.05) is 11.0 Å². The lowest BCUT2D eigenvalue weighted by molar-refractivity contribution is 0.428. The molecule has 0 bridgehead atoms. The van der Waals surface area contributed by atoms with E-state index in [9.17, 15) is 0 Å². The van der Waals surface area contributed by atoms with Gasteiger partial charge >= 0.3 is 0 Å². The smallest absolute Gasteiger partial charge is 0.223 e. The Kier molecular flexibility index (Phi) is 5.80. The van der Waals surface area contributed by atoms with Gasteiger partial charge in [-0.3, -0.25) is 0 Å². The average Bonchev–Trinajstić information content (AvgIpc) is 2.99. The van der Waals surface area contributed by atoms with Crippen molar-refractivity contribution in [3.8, 4) is 0 Å². The first kappa shape index (κ1) is 13.7. The van der Waals surface area contributed by atoms with Gasteiger partial charge < -0.3 is 5.73 Å². The fourth-order valence-corrected chi connectivity index (χ4v) is 3.65. The minimum absolute atomic E-state index is 0.343. The lowest BCUT2D eigenvalue weighted by atomic mass is 9.89. The molecule has 6 heteroatoms. The number of rotatable bonds is 1. The highest BCUT2D eigenvalue weighted by molar-refractivity contribution is 8.21. The van der Waals surface area contributed by atoms with E-state index in [1.54, 1.807) is 0 Å². The summed E-state index contributed by atoms with van der Waals surface area (Å²) in [7, 11) is 0. The standard InChI is InChI=1S/C9H14N4.C3H4S2/c10-9-12-6-11-8(13-9)7-4-2-1-3-5-7;1-2-5-3-4-1/h6-7H,1-5H2,(H2,10,11,12,13);1-2H,3H2. The third-order valence-electron chi connectivity index (χ3n) is 2.96. The first-order chi connectivity index (χ1) is 8.86. The molecule has 0 atom stereocenters. The minimum Gasteiger partial charge on any atom is -0.368 e. The maximum atomic E-state index is 5.50. The van der Waals surface area contributed by atoms with Crippen LogP contribution in [0.5, 0.6) is 0 Å². The van der Waals surface area contributed by atoms with Gasteiger partial charge in [0.05, 0.1) is 0 Å². The van der Waals surface area contributed by atoms with Gasteiger partial charge in [0.15, 0.2) is 0 Å². The zero-order chi connectivity index (χ0) is 12.6. The number of nitrogens with two attached hydrogens (primary N) is 1. The summed E-state index contributed by atoms with van der Waals surface area (Å²) in [5.41, 5.74) is 5.50. The molecule has 0 radical (unpaired) electrons. The predicted octanol–water partition coefficient (Wildman–Crippen LogP) is 3.40. The summed E-state index contributed by atoms with van der Waals surface area (Å²) in [6.45, 7) is 0. The molecular formula is C12H18N4S2. The second kappa shape index (κ2) is 7.63. The summed E-state index contributed by atoms with van der Waals surface area (Å²) in [5.74, 6) is 1.74. The second-order valence-electron chi connectivity index (χ2n) is 4.26. The Balaban J connectivity index is 0.000000202. The highest BCUT2D eigenvalue weighted by Crippen LogP contribution is 2.30. The summed E-state index contributed by atoms with van der Waals surface area (Å²) in [6, 6.07) is 0. The number of hydrogen-bond donors (Lipinski definition) is 1. The van der Waals surface area contributed by atoms with Crippen LogP contribution >= 0.6 is 23.5 Å². The number of hydrogen-bond acceptors (Lipinski definition) is 6. The summed E-state index contributed by atoms with van der Waals surface area (Å²) in [6.07, 6.45) is 7.82. The van der Waals surface area contributed by atoms with E-state index >= 15 is 0 Å². The van der Waals surface area contributed by atoms with Gasteiger partial charge in [-0.25, -0.2) is 9.97 Å². The zero-order valence-electron chi connectivity index (χ0n) is 10.3. The van der Waals surface area contributed by atoms with Gasteiger partial charge in [0.2, 0.25) is 5.95 Å². The molecule has 0 amide bonds. The van der Waals surface area contributed by atoms with Gasteiger partial charge in [-0.2, -0.15) is 4.98 Å². The number of nitrogen functional groups attached to an aromatic ring is 1. The minimum atomic E-state index is 0.343. The van der Waals surface area contributed by atoms with Crippen LogP contribution in [0.1, 0.15) is 43.8 Å². The van der Waals surface area contributed by atoms with Crippen molar-refractivity contribution < 1.29 is 0 Å². The lowest BCUT2D eigenvalue weighted by Crippen LogP contribution is -2.10. The van der Waals surface area contributed by atoms with E-state index in [0.29, 0.717) is 11.9 Å². The van der Waals surface area contributed by atoms with Crippen LogP contribution in [-0.2, 0) is 0 Å². The van der Waals surface area contributed by atoms with Crippen LogP contribution < -0.4 is 5.73 Å². The van der Waals surface area contributed by atoms with Crippen molar-refractivity contribution in [2.24, 2.45) is 0 Å². The van der Waals surface area contributed by atoms with Gasteiger partial charge in [-0.1, -0.05) is 19.3 Å². The maximum absolute atomic E-state index is 5.50. The van der Waals surface area contributed by atoms with Crippen molar-refractivity contribution in [3.05, 3.63) is 23.0 Å². The van der Waals surface area contributed by atoms with Crippen molar-refractivity contribution in [1.29, 1.82) is 0 Å². The van der Waals surface area contributed by atoms with E-state index in [4.69, 9.17) is 5.73 Å². The Morgan fingerprint density at radius 2 is 1.78 bits per heavy atom. The van der Waals surface area contributed by atoms with E-state index in [1.165, 1.54) is 43.5 Å². The molecule has 2 heterocycles. The van der Waals surface area contributed by atoms with Gasteiger partial charge in [-0.15, -0.1) is 23.5 Å². The largest absolute Gasteiger partial charge is 0.368 e.